The largest absolute Gasteiger partial charge is 0.147 e. The normalized spacial score (nSPS) is 21.4. The maximum absolute atomic E-state index is 4.19. The van der Waals surface area contributed by atoms with Crippen molar-refractivity contribution in [1.29, 1.82) is 0 Å². The molecule has 1 rings (SSSR count). The third-order valence-corrected chi connectivity index (χ3v) is 2.32. The van der Waals surface area contributed by atoms with Crippen LogP contribution in [0.15, 0.2) is 9.81 Å². The second-order valence-corrected chi connectivity index (χ2v) is 2.83. The van der Waals surface area contributed by atoms with Gasteiger partial charge in [-0.15, -0.1) is 25.3 Å². The first kappa shape index (κ1) is 5.57. The monoisotopic (exact) mass is 132 g/mol. The summed E-state index contributed by atoms with van der Waals surface area (Å²) in [5, 5.41) is 0. The summed E-state index contributed by atoms with van der Waals surface area (Å²) >= 11 is 8.38. The van der Waals surface area contributed by atoms with Gasteiger partial charge in [-0.3, -0.25) is 0 Å². The second kappa shape index (κ2) is 2.14. The van der Waals surface area contributed by atoms with E-state index in [1.54, 1.807) is 0 Å². The molecule has 0 aromatic carbocycles. The maximum atomic E-state index is 4.19. The summed E-state index contributed by atoms with van der Waals surface area (Å²) in [6.45, 7) is 0. The van der Waals surface area contributed by atoms with E-state index in [0.717, 1.165) is 12.8 Å². The molecule has 2 heteroatoms. The average molecular weight is 132 g/mol. The molecule has 0 N–H and O–H groups in total. The van der Waals surface area contributed by atoms with E-state index in [0.29, 0.717) is 0 Å². The molecule has 0 nitrogen and oxygen atoms in total. The van der Waals surface area contributed by atoms with Crippen LogP contribution in [0.2, 0.25) is 0 Å². The molecular weight excluding hydrogens is 124 g/mol. The van der Waals surface area contributed by atoms with Gasteiger partial charge < -0.3 is 0 Å². The Morgan fingerprint density at radius 1 is 1.00 bits per heavy atom. The quantitative estimate of drug-likeness (QED) is 0.464. The lowest BCUT2D eigenvalue weighted by molar-refractivity contribution is 0.922. The molecule has 0 spiro atoms. The molecule has 0 saturated heterocycles. The Morgan fingerprint density at radius 2 is 1.43 bits per heavy atom. The predicted octanol–water partition coefficient (Wildman–Crippen LogP) is 2.24. The van der Waals surface area contributed by atoms with Crippen LogP contribution in [0.4, 0.5) is 0 Å². The standard InChI is InChI=1S/C5H8S2/c6-4-2-1-3-5(4)7/h6-7H,1-3H2. The third kappa shape index (κ3) is 1.16. The van der Waals surface area contributed by atoms with Crippen LogP contribution in [0, 0.1) is 0 Å². The van der Waals surface area contributed by atoms with Crippen molar-refractivity contribution in [3.05, 3.63) is 9.81 Å². The van der Waals surface area contributed by atoms with Crippen molar-refractivity contribution >= 4 is 25.3 Å². The van der Waals surface area contributed by atoms with Gasteiger partial charge in [0.05, 0.1) is 0 Å². The Morgan fingerprint density at radius 3 is 1.57 bits per heavy atom. The van der Waals surface area contributed by atoms with Gasteiger partial charge in [0.25, 0.3) is 0 Å². The summed E-state index contributed by atoms with van der Waals surface area (Å²) in [5.41, 5.74) is 0. The number of allylic oxidation sites excluding steroid dienone is 2. The first-order valence-electron chi connectivity index (χ1n) is 2.40. The van der Waals surface area contributed by atoms with Crippen LogP contribution in [0.25, 0.3) is 0 Å². The Labute approximate surface area is 54.8 Å². The molecule has 0 aromatic rings. The Hall–Kier alpha value is 0.440. The second-order valence-electron chi connectivity index (χ2n) is 1.75. The fraction of sp³-hybridized carbons (Fsp3) is 0.600. The van der Waals surface area contributed by atoms with Crippen molar-refractivity contribution in [3.8, 4) is 0 Å². The zero-order valence-electron chi connectivity index (χ0n) is 4.02. The lowest BCUT2D eigenvalue weighted by Gasteiger charge is -1.85. The molecule has 0 atom stereocenters. The fourth-order valence-electron chi connectivity index (χ4n) is 0.712. The van der Waals surface area contributed by atoms with Crippen molar-refractivity contribution in [1.82, 2.24) is 0 Å². The minimum absolute atomic E-state index is 1.14. The first-order chi connectivity index (χ1) is 3.30. The molecule has 0 bridgehead atoms. The van der Waals surface area contributed by atoms with Crippen LogP contribution in [0.5, 0.6) is 0 Å². The third-order valence-electron chi connectivity index (χ3n) is 1.16. The van der Waals surface area contributed by atoms with Gasteiger partial charge in [-0.2, -0.15) is 0 Å². The van der Waals surface area contributed by atoms with Crippen molar-refractivity contribution < 1.29 is 0 Å². The van der Waals surface area contributed by atoms with E-state index >= 15 is 0 Å². The molecule has 0 radical (unpaired) electrons. The molecule has 0 unspecified atom stereocenters. The smallest absolute Gasteiger partial charge is 0.00916 e. The van der Waals surface area contributed by atoms with Gasteiger partial charge >= 0.3 is 0 Å². The van der Waals surface area contributed by atoms with E-state index in [1.807, 2.05) is 0 Å². The summed E-state index contributed by atoms with van der Waals surface area (Å²) in [7, 11) is 0. The summed E-state index contributed by atoms with van der Waals surface area (Å²) < 4.78 is 0. The van der Waals surface area contributed by atoms with Gasteiger partial charge in [0, 0.05) is 0 Å². The van der Waals surface area contributed by atoms with Gasteiger partial charge in [-0.1, -0.05) is 0 Å². The van der Waals surface area contributed by atoms with Crippen molar-refractivity contribution in [2.75, 3.05) is 0 Å². The summed E-state index contributed by atoms with van der Waals surface area (Å²) in [6, 6.07) is 0. The summed E-state index contributed by atoms with van der Waals surface area (Å²) in [4.78, 5) is 2.37. The van der Waals surface area contributed by atoms with Crippen LogP contribution in [0.3, 0.4) is 0 Å². The van der Waals surface area contributed by atoms with Crippen molar-refractivity contribution in [3.63, 3.8) is 0 Å². The highest BCUT2D eigenvalue weighted by Gasteiger charge is 2.05. The lowest BCUT2D eigenvalue weighted by atomic mass is 10.4. The first-order valence-corrected chi connectivity index (χ1v) is 3.30. The Balaban J connectivity index is 2.64. The van der Waals surface area contributed by atoms with Crippen LogP contribution in [-0.2, 0) is 0 Å². The molecule has 0 amide bonds. The number of thiol groups is 2. The lowest BCUT2D eigenvalue weighted by Crippen LogP contribution is -1.58. The van der Waals surface area contributed by atoms with Gasteiger partial charge in [0.1, 0.15) is 0 Å². The number of hydrogen-bond donors (Lipinski definition) is 2. The van der Waals surface area contributed by atoms with Crippen molar-refractivity contribution in [2.24, 2.45) is 0 Å². The van der Waals surface area contributed by atoms with E-state index in [1.165, 1.54) is 16.2 Å². The molecule has 7 heavy (non-hydrogen) atoms. The van der Waals surface area contributed by atoms with Crippen LogP contribution >= 0.6 is 25.3 Å². The molecule has 0 saturated carbocycles. The van der Waals surface area contributed by atoms with Crippen molar-refractivity contribution in [2.45, 2.75) is 19.3 Å². The van der Waals surface area contributed by atoms with Gasteiger partial charge in [0.15, 0.2) is 0 Å². The number of rotatable bonds is 0. The minimum atomic E-state index is 1.14. The van der Waals surface area contributed by atoms with Gasteiger partial charge in [-0.05, 0) is 29.1 Å². The van der Waals surface area contributed by atoms with E-state index in [4.69, 9.17) is 0 Å². The Kier molecular flexibility index (Phi) is 1.70. The average Bonchev–Trinajstić information content (AvgIpc) is 1.91. The molecular formula is C5H8S2. The van der Waals surface area contributed by atoms with E-state index < -0.39 is 0 Å². The highest BCUT2D eigenvalue weighted by Crippen LogP contribution is 2.30. The molecule has 1 aliphatic carbocycles. The maximum Gasteiger partial charge on any atom is -0.00916 e. The highest BCUT2D eigenvalue weighted by atomic mass is 32.1. The minimum Gasteiger partial charge on any atom is -0.147 e. The molecule has 0 heterocycles. The van der Waals surface area contributed by atoms with E-state index in [9.17, 15) is 0 Å². The highest BCUT2D eigenvalue weighted by molar-refractivity contribution is 7.88. The molecule has 0 aromatic heterocycles. The fourth-order valence-corrected chi connectivity index (χ4v) is 1.25. The van der Waals surface area contributed by atoms with Crippen LogP contribution in [-0.4, -0.2) is 0 Å². The Bertz CT molecular complexity index is 92.6. The number of hydrogen-bond acceptors (Lipinski definition) is 2. The van der Waals surface area contributed by atoms with Crippen LogP contribution in [0.1, 0.15) is 19.3 Å². The zero-order chi connectivity index (χ0) is 5.28. The van der Waals surface area contributed by atoms with Gasteiger partial charge in [-0.25, -0.2) is 0 Å². The van der Waals surface area contributed by atoms with Crippen LogP contribution < -0.4 is 0 Å². The van der Waals surface area contributed by atoms with Gasteiger partial charge in [0.2, 0.25) is 0 Å². The molecule has 0 aliphatic heterocycles. The molecule has 1 aliphatic rings. The van der Waals surface area contributed by atoms with E-state index in [-0.39, 0.29) is 0 Å². The molecule has 0 fully saturated rings. The topological polar surface area (TPSA) is 0 Å². The summed E-state index contributed by atoms with van der Waals surface area (Å²) in [6.07, 6.45) is 3.53. The molecule has 40 valence electrons. The summed E-state index contributed by atoms with van der Waals surface area (Å²) in [5.74, 6) is 0. The SMILES string of the molecule is SC1=C(S)CCC1. The van der Waals surface area contributed by atoms with E-state index in [2.05, 4.69) is 25.3 Å². The zero-order valence-corrected chi connectivity index (χ0v) is 5.80. The predicted molar refractivity (Wildman–Crippen MR) is 38.8 cm³/mol.